The Morgan fingerprint density at radius 3 is 1.65 bits per heavy atom. The third-order valence-corrected chi connectivity index (χ3v) is 3.31. The number of rotatable bonds is 2. The first kappa shape index (κ1) is 31.9. The summed E-state index contributed by atoms with van der Waals surface area (Å²) in [6.45, 7) is 20.2. The van der Waals surface area contributed by atoms with Crippen molar-refractivity contribution in [3.8, 4) is 0 Å². The molecule has 0 saturated heterocycles. The zero-order valence-electron chi connectivity index (χ0n) is 17.9. The molecule has 0 aromatic heterocycles. The molecular formula is C24H39ClO. The van der Waals surface area contributed by atoms with Crippen LogP contribution in [0.4, 0.5) is 0 Å². The SMILES string of the molecule is C=Cc1c(/C=C\C)ccc(C)c1C.CC.CC.Cc1ccccc1.Cl.O. The molecule has 0 saturated carbocycles. The Morgan fingerprint density at radius 1 is 0.808 bits per heavy atom. The number of halogens is 1. The van der Waals surface area contributed by atoms with Gasteiger partial charge in [0.25, 0.3) is 0 Å². The second-order valence-electron chi connectivity index (χ2n) is 4.87. The molecule has 0 fully saturated rings. The molecule has 0 aliphatic carbocycles. The summed E-state index contributed by atoms with van der Waals surface area (Å²) in [6.07, 6.45) is 6.10. The van der Waals surface area contributed by atoms with Gasteiger partial charge in [-0.2, -0.15) is 0 Å². The summed E-state index contributed by atoms with van der Waals surface area (Å²) in [7, 11) is 0. The maximum atomic E-state index is 3.84. The van der Waals surface area contributed by atoms with E-state index >= 15 is 0 Å². The summed E-state index contributed by atoms with van der Waals surface area (Å²) in [4.78, 5) is 0. The third-order valence-electron chi connectivity index (χ3n) is 3.31. The van der Waals surface area contributed by atoms with Gasteiger partial charge in [0.1, 0.15) is 0 Å². The lowest BCUT2D eigenvalue weighted by Crippen LogP contribution is -1.89. The topological polar surface area (TPSA) is 31.5 Å². The Bertz CT molecular complexity index is 587. The quantitative estimate of drug-likeness (QED) is 0.514. The molecule has 2 aromatic rings. The van der Waals surface area contributed by atoms with Crippen molar-refractivity contribution in [2.75, 3.05) is 0 Å². The summed E-state index contributed by atoms with van der Waals surface area (Å²) in [5.41, 5.74) is 6.47. The van der Waals surface area contributed by atoms with Crippen molar-refractivity contribution in [1.29, 1.82) is 0 Å². The first-order valence-corrected chi connectivity index (χ1v) is 8.97. The van der Waals surface area contributed by atoms with Crippen LogP contribution in [0.2, 0.25) is 0 Å². The van der Waals surface area contributed by atoms with Crippen molar-refractivity contribution >= 4 is 24.6 Å². The van der Waals surface area contributed by atoms with Crippen molar-refractivity contribution in [2.24, 2.45) is 0 Å². The zero-order valence-corrected chi connectivity index (χ0v) is 18.7. The van der Waals surface area contributed by atoms with E-state index in [4.69, 9.17) is 0 Å². The molecular weight excluding hydrogens is 340 g/mol. The molecule has 2 N–H and O–H groups in total. The first-order chi connectivity index (χ1) is 11.6. The molecule has 0 amide bonds. The molecule has 0 spiro atoms. The van der Waals surface area contributed by atoms with Crippen LogP contribution in [-0.2, 0) is 0 Å². The number of aryl methyl sites for hydroxylation is 2. The van der Waals surface area contributed by atoms with Gasteiger partial charge < -0.3 is 5.48 Å². The van der Waals surface area contributed by atoms with Gasteiger partial charge in [0.2, 0.25) is 0 Å². The van der Waals surface area contributed by atoms with E-state index in [1.807, 2.05) is 58.9 Å². The molecule has 148 valence electrons. The zero-order chi connectivity index (χ0) is 19.0. The van der Waals surface area contributed by atoms with Gasteiger partial charge in [0.05, 0.1) is 0 Å². The molecule has 1 nitrogen and oxygen atoms in total. The van der Waals surface area contributed by atoms with Gasteiger partial charge in [-0.1, -0.05) is 101 Å². The van der Waals surface area contributed by atoms with Gasteiger partial charge in [-0.05, 0) is 49.9 Å². The maximum Gasteiger partial charge on any atom is -0.0158 e. The van der Waals surface area contributed by atoms with Crippen LogP contribution in [0.1, 0.15) is 62.4 Å². The smallest absolute Gasteiger partial charge is 0.0158 e. The normalized spacial score (nSPS) is 8.15. The summed E-state index contributed by atoms with van der Waals surface area (Å²) in [5.74, 6) is 0. The summed E-state index contributed by atoms with van der Waals surface area (Å²) in [6, 6.07) is 14.6. The Labute approximate surface area is 168 Å². The van der Waals surface area contributed by atoms with Gasteiger partial charge in [-0.3, -0.25) is 0 Å². The highest BCUT2D eigenvalue weighted by Gasteiger charge is 2.01. The number of benzene rings is 2. The fraction of sp³-hybridized carbons (Fsp3) is 0.333. The Hall–Kier alpha value is -1.83. The van der Waals surface area contributed by atoms with Gasteiger partial charge in [-0.25, -0.2) is 0 Å². The highest BCUT2D eigenvalue weighted by Crippen LogP contribution is 2.20. The van der Waals surface area contributed by atoms with Crippen molar-refractivity contribution < 1.29 is 5.48 Å². The lowest BCUT2D eigenvalue weighted by atomic mass is 9.97. The standard InChI is InChI=1S/C13H16.C7H8.2C2H6.ClH.H2O/c1-5-7-12-9-8-10(3)11(4)13(12)6-2;1-7-5-3-2-4-6-7;2*1-2;;/h5-9H,2H2,1,3-4H3;2-6H,1H3;2*1-2H3;1H;1H2/b7-5-;;;;;. The predicted octanol–water partition coefficient (Wildman–Crippen LogP) is 7.62. The van der Waals surface area contributed by atoms with Crippen molar-refractivity contribution in [1.82, 2.24) is 0 Å². The van der Waals surface area contributed by atoms with Crippen molar-refractivity contribution in [3.05, 3.63) is 82.9 Å². The van der Waals surface area contributed by atoms with Crippen LogP contribution in [0.25, 0.3) is 12.2 Å². The van der Waals surface area contributed by atoms with Crippen molar-refractivity contribution in [2.45, 2.75) is 55.4 Å². The molecule has 0 radical (unpaired) electrons. The second-order valence-corrected chi connectivity index (χ2v) is 4.87. The van der Waals surface area contributed by atoms with Gasteiger partial charge in [-0.15, -0.1) is 12.4 Å². The van der Waals surface area contributed by atoms with E-state index in [2.05, 4.69) is 63.8 Å². The molecule has 0 heterocycles. The number of hydrogen-bond donors (Lipinski definition) is 0. The highest BCUT2D eigenvalue weighted by molar-refractivity contribution is 5.85. The molecule has 0 aliphatic heterocycles. The van der Waals surface area contributed by atoms with E-state index in [0.29, 0.717) is 0 Å². The van der Waals surface area contributed by atoms with E-state index in [1.165, 1.54) is 27.8 Å². The molecule has 0 atom stereocenters. The number of hydrogen-bond acceptors (Lipinski definition) is 0. The Kier molecular flexibility index (Phi) is 26.0. The second kappa shape index (κ2) is 21.2. The molecule has 0 bridgehead atoms. The van der Waals surface area contributed by atoms with Crippen molar-refractivity contribution in [3.63, 3.8) is 0 Å². The highest BCUT2D eigenvalue weighted by atomic mass is 35.5. The fourth-order valence-corrected chi connectivity index (χ4v) is 1.99. The molecule has 0 aliphatic rings. The maximum absolute atomic E-state index is 3.84. The predicted molar refractivity (Wildman–Crippen MR) is 125 cm³/mol. The largest absolute Gasteiger partial charge is 0.412 e. The summed E-state index contributed by atoms with van der Waals surface area (Å²) in [5, 5.41) is 0. The van der Waals surface area contributed by atoms with E-state index in [-0.39, 0.29) is 17.9 Å². The van der Waals surface area contributed by atoms with E-state index < -0.39 is 0 Å². The summed E-state index contributed by atoms with van der Waals surface area (Å²) >= 11 is 0. The monoisotopic (exact) mass is 378 g/mol. The molecule has 26 heavy (non-hydrogen) atoms. The fourth-order valence-electron chi connectivity index (χ4n) is 1.99. The van der Waals surface area contributed by atoms with E-state index in [0.717, 1.165) is 0 Å². The molecule has 0 unspecified atom stereocenters. The van der Waals surface area contributed by atoms with Gasteiger partial charge in [0.15, 0.2) is 0 Å². The minimum absolute atomic E-state index is 0. The van der Waals surface area contributed by atoms with Crippen LogP contribution < -0.4 is 0 Å². The third kappa shape index (κ3) is 12.5. The summed E-state index contributed by atoms with van der Waals surface area (Å²) < 4.78 is 0. The molecule has 2 aromatic carbocycles. The van der Waals surface area contributed by atoms with Crippen LogP contribution in [0.15, 0.2) is 55.1 Å². The minimum Gasteiger partial charge on any atom is -0.412 e. The van der Waals surface area contributed by atoms with Gasteiger partial charge in [0, 0.05) is 0 Å². The average Bonchev–Trinajstić information content (AvgIpc) is 2.63. The van der Waals surface area contributed by atoms with Crippen LogP contribution >= 0.6 is 12.4 Å². The van der Waals surface area contributed by atoms with Crippen LogP contribution in [0, 0.1) is 20.8 Å². The van der Waals surface area contributed by atoms with Crippen LogP contribution in [0.3, 0.4) is 0 Å². The van der Waals surface area contributed by atoms with Gasteiger partial charge >= 0.3 is 0 Å². The Balaban J connectivity index is -0.000000160. The average molecular weight is 379 g/mol. The van der Waals surface area contributed by atoms with Crippen LogP contribution in [0.5, 0.6) is 0 Å². The number of allylic oxidation sites excluding steroid dienone is 1. The van der Waals surface area contributed by atoms with E-state index in [9.17, 15) is 0 Å². The lowest BCUT2D eigenvalue weighted by molar-refractivity contribution is 0.824. The molecule has 2 heteroatoms. The first-order valence-electron chi connectivity index (χ1n) is 8.97. The minimum atomic E-state index is 0. The molecule has 2 rings (SSSR count). The van der Waals surface area contributed by atoms with Crippen LogP contribution in [-0.4, -0.2) is 5.48 Å². The lowest BCUT2D eigenvalue weighted by Gasteiger charge is -2.08. The van der Waals surface area contributed by atoms with E-state index in [1.54, 1.807) is 0 Å². The Morgan fingerprint density at radius 2 is 1.31 bits per heavy atom.